The summed E-state index contributed by atoms with van der Waals surface area (Å²) in [6, 6.07) is 6.26. The first-order valence-corrected chi connectivity index (χ1v) is 15.2. The zero-order chi connectivity index (χ0) is 27.9. The average molecular weight is 574 g/mol. The molecule has 208 valence electrons. The van der Waals surface area contributed by atoms with Crippen molar-refractivity contribution in [2.45, 2.75) is 51.6 Å². The van der Waals surface area contributed by atoms with Crippen molar-refractivity contribution in [3.05, 3.63) is 52.3 Å². The summed E-state index contributed by atoms with van der Waals surface area (Å²) in [5.41, 5.74) is 2.75. The molecule has 0 bridgehead atoms. The van der Waals surface area contributed by atoms with Crippen LogP contribution >= 0.6 is 11.6 Å². The molecular formula is C26H32ClN7O4S. The number of sulfonamides is 1. The lowest BCUT2D eigenvalue weighted by molar-refractivity contribution is -0.119. The van der Waals surface area contributed by atoms with Gasteiger partial charge in [-0.05, 0) is 50.8 Å². The average Bonchev–Trinajstić information content (AvgIpc) is 3.49. The van der Waals surface area contributed by atoms with E-state index in [9.17, 15) is 18.0 Å². The van der Waals surface area contributed by atoms with Crippen molar-refractivity contribution in [3.8, 4) is 0 Å². The van der Waals surface area contributed by atoms with Gasteiger partial charge in [0, 0.05) is 55.4 Å². The number of rotatable bonds is 6. The van der Waals surface area contributed by atoms with Crippen LogP contribution in [-0.2, 0) is 14.8 Å². The van der Waals surface area contributed by atoms with Gasteiger partial charge in [-0.3, -0.25) is 14.3 Å². The lowest BCUT2D eigenvalue weighted by atomic mass is 9.98. The van der Waals surface area contributed by atoms with E-state index in [4.69, 9.17) is 21.7 Å². The molecule has 2 amide bonds. The van der Waals surface area contributed by atoms with Gasteiger partial charge in [0.15, 0.2) is 5.65 Å². The number of likely N-dealkylation sites (tertiary alicyclic amines) is 1. The number of hydrogen-bond acceptors (Lipinski definition) is 7. The van der Waals surface area contributed by atoms with Crippen molar-refractivity contribution in [2.75, 3.05) is 35.5 Å². The first-order valence-electron chi connectivity index (χ1n) is 13.0. The van der Waals surface area contributed by atoms with Gasteiger partial charge in [-0.15, -0.1) is 0 Å². The Bertz CT molecular complexity index is 1540. The highest BCUT2D eigenvalue weighted by atomic mass is 35.5. The van der Waals surface area contributed by atoms with Crippen LogP contribution in [0.25, 0.3) is 5.65 Å². The number of benzene rings is 1. The highest BCUT2D eigenvalue weighted by Crippen LogP contribution is 2.34. The van der Waals surface area contributed by atoms with Crippen molar-refractivity contribution in [2.24, 2.45) is 0 Å². The Labute approximate surface area is 232 Å². The number of carbonyl (C=O) groups is 2. The summed E-state index contributed by atoms with van der Waals surface area (Å²) < 4.78 is 28.0. The second-order valence-corrected chi connectivity index (χ2v) is 12.5. The van der Waals surface area contributed by atoms with Crippen molar-refractivity contribution >= 4 is 50.6 Å². The van der Waals surface area contributed by atoms with Gasteiger partial charge < -0.3 is 15.1 Å². The molecule has 2 saturated heterocycles. The normalized spacial score (nSPS) is 19.9. The lowest BCUT2D eigenvalue weighted by Gasteiger charge is -2.35. The zero-order valence-electron chi connectivity index (χ0n) is 22.1. The minimum atomic E-state index is -3.60. The number of fused-ring (bicyclic) bond motifs is 1. The van der Waals surface area contributed by atoms with Crippen LogP contribution in [0.2, 0.25) is 5.02 Å². The highest BCUT2D eigenvalue weighted by Gasteiger charge is 2.33. The number of nitrogens with zero attached hydrogens (tertiary/aromatic N) is 5. The predicted molar refractivity (Wildman–Crippen MR) is 150 cm³/mol. The number of nitrogens with one attached hydrogen (secondary N) is 2. The molecule has 5 rings (SSSR count). The summed E-state index contributed by atoms with van der Waals surface area (Å²) in [4.78, 5) is 34.1. The minimum Gasteiger partial charge on any atom is -0.354 e. The molecule has 11 nitrogen and oxygen atoms in total. The molecule has 13 heteroatoms. The van der Waals surface area contributed by atoms with Gasteiger partial charge in [-0.1, -0.05) is 11.6 Å². The summed E-state index contributed by atoms with van der Waals surface area (Å²) in [5.74, 6) is 0.510. The molecule has 0 aliphatic carbocycles. The number of hydrogen-bond donors (Lipinski definition) is 2. The Hall–Kier alpha value is -3.38. The van der Waals surface area contributed by atoms with Gasteiger partial charge in [-0.25, -0.2) is 17.9 Å². The fourth-order valence-corrected chi connectivity index (χ4v) is 6.23. The molecule has 2 aromatic heterocycles. The Morgan fingerprint density at radius 3 is 2.67 bits per heavy atom. The summed E-state index contributed by atoms with van der Waals surface area (Å²) in [6.07, 6.45) is 6.32. The fraction of sp³-hybridized carbons (Fsp3) is 0.462. The van der Waals surface area contributed by atoms with Crippen molar-refractivity contribution in [1.29, 1.82) is 0 Å². The number of piperidine rings is 1. The van der Waals surface area contributed by atoms with Gasteiger partial charge in [-0.2, -0.15) is 5.10 Å². The maximum absolute atomic E-state index is 13.8. The van der Waals surface area contributed by atoms with E-state index in [1.165, 1.54) is 19.1 Å². The SMILES string of the molecule is CC(=O)NC1CCN(c2nc3cc(C4CCCCN4C(=O)c4cc(Cl)ccc4NS(C)(=O)=O)nn3cc2C)C1. The minimum absolute atomic E-state index is 0.0361. The monoisotopic (exact) mass is 573 g/mol. The molecule has 39 heavy (non-hydrogen) atoms. The summed E-state index contributed by atoms with van der Waals surface area (Å²) in [7, 11) is -3.60. The summed E-state index contributed by atoms with van der Waals surface area (Å²) >= 11 is 6.20. The Balaban J connectivity index is 1.44. The molecule has 4 heterocycles. The van der Waals surface area contributed by atoms with Gasteiger partial charge in [0.05, 0.1) is 29.2 Å². The van der Waals surface area contributed by atoms with Crippen molar-refractivity contribution < 1.29 is 18.0 Å². The predicted octanol–water partition coefficient (Wildman–Crippen LogP) is 3.14. The number of halogens is 1. The van der Waals surface area contributed by atoms with Gasteiger partial charge in [0.25, 0.3) is 5.91 Å². The van der Waals surface area contributed by atoms with Crippen LogP contribution in [-0.4, -0.2) is 71.7 Å². The van der Waals surface area contributed by atoms with E-state index >= 15 is 0 Å². The van der Waals surface area contributed by atoms with Gasteiger partial charge in [0.2, 0.25) is 15.9 Å². The molecule has 1 aromatic carbocycles. The summed E-state index contributed by atoms with van der Waals surface area (Å²) in [6.45, 7) is 5.52. The molecule has 2 unspecified atom stereocenters. The molecule has 2 N–H and O–H groups in total. The van der Waals surface area contributed by atoms with Crippen LogP contribution in [0.3, 0.4) is 0 Å². The quantitative estimate of drug-likeness (QED) is 0.463. The maximum atomic E-state index is 13.8. The molecule has 3 aromatic rings. The topological polar surface area (TPSA) is 129 Å². The van der Waals surface area contributed by atoms with E-state index in [-0.39, 0.29) is 35.1 Å². The number of aryl methyl sites for hydroxylation is 1. The van der Waals surface area contributed by atoms with E-state index in [0.717, 1.165) is 55.6 Å². The number of aromatic nitrogens is 3. The molecule has 2 atom stereocenters. The zero-order valence-corrected chi connectivity index (χ0v) is 23.7. The first-order chi connectivity index (χ1) is 18.5. The molecule has 0 radical (unpaired) electrons. The third-order valence-electron chi connectivity index (χ3n) is 7.13. The smallest absolute Gasteiger partial charge is 0.256 e. The standard InChI is InChI=1S/C26H32ClN7O4S/c1-16-14-34-24(29-25(16)32-11-9-19(15-32)28-17(2)35)13-22(30-34)23-6-4-5-10-33(23)26(36)20-12-18(27)7-8-21(20)31-39(3,37)38/h7-8,12-14,19,23,31H,4-6,9-11,15H2,1-3H3,(H,28,35). The molecule has 0 spiro atoms. The third-order valence-corrected chi connectivity index (χ3v) is 7.96. The molecule has 2 aliphatic heterocycles. The van der Waals surface area contributed by atoms with Crippen LogP contribution in [0.5, 0.6) is 0 Å². The largest absolute Gasteiger partial charge is 0.354 e. The van der Waals surface area contributed by atoms with E-state index in [1.807, 2.05) is 19.2 Å². The highest BCUT2D eigenvalue weighted by molar-refractivity contribution is 7.92. The van der Waals surface area contributed by atoms with Crippen LogP contribution in [0, 0.1) is 6.92 Å². The van der Waals surface area contributed by atoms with Crippen LogP contribution in [0.15, 0.2) is 30.5 Å². The van der Waals surface area contributed by atoms with Crippen LogP contribution in [0.1, 0.15) is 60.3 Å². The Morgan fingerprint density at radius 1 is 1.13 bits per heavy atom. The molecule has 2 aliphatic rings. The van der Waals surface area contributed by atoms with Crippen molar-refractivity contribution in [1.82, 2.24) is 24.8 Å². The second-order valence-electron chi connectivity index (χ2n) is 10.3. The van der Waals surface area contributed by atoms with E-state index in [0.29, 0.717) is 23.8 Å². The van der Waals surface area contributed by atoms with E-state index < -0.39 is 10.0 Å². The van der Waals surface area contributed by atoms with Crippen molar-refractivity contribution in [3.63, 3.8) is 0 Å². The van der Waals surface area contributed by atoms with Crippen LogP contribution in [0.4, 0.5) is 11.5 Å². The Morgan fingerprint density at radius 2 is 1.92 bits per heavy atom. The van der Waals surface area contributed by atoms with Crippen LogP contribution < -0.4 is 14.9 Å². The first kappa shape index (κ1) is 27.2. The number of carbonyl (C=O) groups excluding carboxylic acids is 2. The van der Waals surface area contributed by atoms with Gasteiger partial charge in [0.1, 0.15) is 5.82 Å². The lowest BCUT2D eigenvalue weighted by Crippen LogP contribution is -2.39. The van der Waals surface area contributed by atoms with E-state index in [1.54, 1.807) is 15.5 Å². The Kier molecular flexibility index (Phi) is 7.43. The second kappa shape index (κ2) is 10.6. The molecular weight excluding hydrogens is 542 g/mol. The molecule has 0 saturated carbocycles. The van der Waals surface area contributed by atoms with E-state index in [2.05, 4.69) is 14.9 Å². The number of amides is 2. The third kappa shape index (κ3) is 5.96. The van der Waals surface area contributed by atoms with Gasteiger partial charge >= 0.3 is 0 Å². The number of anilines is 2. The fourth-order valence-electron chi connectivity index (χ4n) is 5.48. The molecule has 2 fully saturated rings. The summed E-state index contributed by atoms with van der Waals surface area (Å²) in [5, 5.41) is 8.12. The maximum Gasteiger partial charge on any atom is 0.256 e.